The van der Waals surface area contributed by atoms with Crippen molar-refractivity contribution >= 4 is 7.82 Å². The van der Waals surface area contributed by atoms with Crippen molar-refractivity contribution in [1.29, 1.82) is 0 Å². The fraction of sp³-hybridized carbons (Fsp3) is 1.00. The van der Waals surface area contributed by atoms with Crippen molar-refractivity contribution in [2.24, 2.45) is 0 Å². The highest BCUT2D eigenvalue weighted by Crippen LogP contribution is 2.48. The molecule has 0 radical (unpaired) electrons. The quantitative estimate of drug-likeness (QED) is 0.461. The molecule has 0 aromatic heterocycles. The van der Waals surface area contributed by atoms with Crippen molar-refractivity contribution in [3.8, 4) is 0 Å². The standard InChI is InChI=1S/C6H15O5P/c1-4-9-12(7,10-5-2)11-6-8-3/h4-6H2,1-3H3. The molecular weight excluding hydrogens is 183 g/mol. The van der Waals surface area contributed by atoms with Crippen LogP contribution in [0.2, 0.25) is 0 Å². The SMILES string of the molecule is CCOP(=O)(OCC)OCOC. The van der Waals surface area contributed by atoms with Crippen molar-refractivity contribution < 1.29 is 22.9 Å². The second kappa shape index (κ2) is 6.57. The fourth-order valence-corrected chi connectivity index (χ4v) is 1.64. The summed E-state index contributed by atoms with van der Waals surface area (Å²) < 4.78 is 30.4. The monoisotopic (exact) mass is 198 g/mol. The number of methoxy groups -OCH3 is 1. The summed E-state index contributed by atoms with van der Waals surface area (Å²) >= 11 is 0. The molecule has 0 bridgehead atoms. The first kappa shape index (κ1) is 12.1. The molecule has 0 saturated carbocycles. The van der Waals surface area contributed by atoms with Gasteiger partial charge >= 0.3 is 7.82 Å². The largest absolute Gasteiger partial charge is 0.476 e. The van der Waals surface area contributed by atoms with Gasteiger partial charge in [-0.1, -0.05) is 0 Å². The van der Waals surface area contributed by atoms with Crippen LogP contribution < -0.4 is 0 Å². The van der Waals surface area contributed by atoms with Gasteiger partial charge in [-0.05, 0) is 13.8 Å². The maximum Gasteiger partial charge on any atom is 0.476 e. The predicted molar refractivity (Wildman–Crippen MR) is 43.8 cm³/mol. The molecule has 74 valence electrons. The minimum atomic E-state index is -3.36. The van der Waals surface area contributed by atoms with E-state index in [1.807, 2.05) is 0 Å². The summed E-state index contributed by atoms with van der Waals surface area (Å²) in [5.41, 5.74) is 0. The first-order valence-corrected chi connectivity index (χ1v) is 5.17. The minimum absolute atomic E-state index is 0.0999. The highest BCUT2D eigenvalue weighted by atomic mass is 31.2. The lowest BCUT2D eigenvalue weighted by molar-refractivity contribution is 0.0119. The van der Waals surface area contributed by atoms with E-state index >= 15 is 0 Å². The maximum absolute atomic E-state index is 11.4. The third kappa shape index (κ3) is 4.85. The van der Waals surface area contributed by atoms with Crippen LogP contribution in [0.4, 0.5) is 0 Å². The Morgan fingerprint density at radius 2 is 1.58 bits per heavy atom. The van der Waals surface area contributed by atoms with Crippen LogP contribution in [0.3, 0.4) is 0 Å². The molecule has 5 nitrogen and oxygen atoms in total. The zero-order valence-electron chi connectivity index (χ0n) is 7.61. The summed E-state index contributed by atoms with van der Waals surface area (Å²) in [5, 5.41) is 0. The Hall–Kier alpha value is 0.0700. The lowest BCUT2D eigenvalue weighted by atomic mass is 10.9. The van der Waals surface area contributed by atoms with Gasteiger partial charge in [0.1, 0.15) is 0 Å². The van der Waals surface area contributed by atoms with E-state index in [1.165, 1.54) is 7.11 Å². The highest BCUT2D eigenvalue weighted by Gasteiger charge is 2.24. The Bertz CT molecular complexity index is 139. The van der Waals surface area contributed by atoms with Gasteiger partial charge in [0.15, 0.2) is 6.79 Å². The Balaban J connectivity index is 3.90. The van der Waals surface area contributed by atoms with Crippen LogP contribution in [0.5, 0.6) is 0 Å². The Morgan fingerprint density at radius 3 is 1.92 bits per heavy atom. The fourth-order valence-electron chi connectivity index (χ4n) is 0.545. The molecule has 0 N–H and O–H groups in total. The molecule has 0 atom stereocenters. The average Bonchev–Trinajstić information content (AvgIpc) is 2.02. The molecule has 0 rings (SSSR count). The second-order valence-electron chi connectivity index (χ2n) is 1.82. The molecule has 0 aliphatic heterocycles. The normalized spacial score (nSPS) is 11.9. The number of hydrogen-bond donors (Lipinski definition) is 0. The van der Waals surface area contributed by atoms with Crippen LogP contribution in [0.1, 0.15) is 13.8 Å². The van der Waals surface area contributed by atoms with Gasteiger partial charge in [-0.15, -0.1) is 0 Å². The summed E-state index contributed by atoms with van der Waals surface area (Å²) in [6, 6.07) is 0. The Labute approximate surface area is 72.6 Å². The maximum atomic E-state index is 11.4. The van der Waals surface area contributed by atoms with Crippen LogP contribution in [0.25, 0.3) is 0 Å². The molecule has 0 saturated heterocycles. The van der Waals surface area contributed by atoms with E-state index in [9.17, 15) is 4.57 Å². The van der Waals surface area contributed by atoms with E-state index in [-0.39, 0.29) is 20.0 Å². The van der Waals surface area contributed by atoms with Crippen LogP contribution in [0.15, 0.2) is 0 Å². The molecule has 6 heteroatoms. The topological polar surface area (TPSA) is 54.0 Å². The molecule has 0 fully saturated rings. The summed E-state index contributed by atoms with van der Waals surface area (Å²) in [6.07, 6.45) is 0. The van der Waals surface area contributed by atoms with Gasteiger partial charge in [0, 0.05) is 7.11 Å². The van der Waals surface area contributed by atoms with Gasteiger partial charge in [-0.3, -0.25) is 13.6 Å². The van der Waals surface area contributed by atoms with Crippen molar-refractivity contribution in [2.75, 3.05) is 27.1 Å². The van der Waals surface area contributed by atoms with Crippen LogP contribution in [0, 0.1) is 0 Å². The van der Waals surface area contributed by atoms with Crippen LogP contribution in [-0.2, 0) is 22.9 Å². The lowest BCUT2D eigenvalue weighted by Gasteiger charge is -2.15. The van der Waals surface area contributed by atoms with Gasteiger partial charge in [0.25, 0.3) is 0 Å². The van der Waals surface area contributed by atoms with E-state index in [0.29, 0.717) is 0 Å². The number of ether oxygens (including phenoxy) is 1. The third-order valence-electron chi connectivity index (χ3n) is 0.903. The highest BCUT2D eigenvalue weighted by molar-refractivity contribution is 7.48. The summed E-state index contributed by atoms with van der Waals surface area (Å²) in [4.78, 5) is 0. The first-order valence-electron chi connectivity index (χ1n) is 3.71. The van der Waals surface area contributed by atoms with E-state index in [1.54, 1.807) is 13.8 Å². The van der Waals surface area contributed by atoms with E-state index < -0.39 is 7.82 Å². The molecule has 0 aliphatic rings. The molecule has 12 heavy (non-hydrogen) atoms. The Kier molecular flexibility index (Phi) is 6.61. The number of phosphoric acid groups is 1. The molecule has 0 aliphatic carbocycles. The van der Waals surface area contributed by atoms with E-state index in [0.717, 1.165) is 0 Å². The van der Waals surface area contributed by atoms with Gasteiger partial charge in [-0.2, -0.15) is 0 Å². The molecule has 0 aromatic carbocycles. The zero-order chi connectivity index (χ0) is 9.45. The third-order valence-corrected chi connectivity index (χ3v) is 2.47. The molecule has 0 heterocycles. The number of phosphoric ester groups is 1. The summed E-state index contributed by atoms with van der Waals surface area (Å²) in [7, 11) is -1.93. The smallest absolute Gasteiger partial charge is 0.358 e. The van der Waals surface area contributed by atoms with Crippen molar-refractivity contribution in [1.82, 2.24) is 0 Å². The van der Waals surface area contributed by atoms with Crippen LogP contribution in [-0.4, -0.2) is 27.1 Å². The number of hydrogen-bond acceptors (Lipinski definition) is 5. The molecular formula is C6H15O5P. The van der Waals surface area contributed by atoms with E-state index in [4.69, 9.17) is 13.6 Å². The number of rotatable bonds is 7. The second-order valence-corrected chi connectivity index (χ2v) is 3.49. The lowest BCUT2D eigenvalue weighted by Crippen LogP contribution is -2.02. The van der Waals surface area contributed by atoms with Gasteiger partial charge in [-0.25, -0.2) is 4.57 Å². The molecule has 0 aromatic rings. The molecule has 0 spiro atoms. The first-order chi connectivity index (χ1) is 5.68. The van der Waals surface area contributed by atoms with Gasteiger partial charge in [0.2, 0.25) is 0 Å². The summed E-state index contributed by atoms with van der Waals surface area (Å²) in [6.45, 7) is 3.88. The molecule has 0 unspecified atom stereocenters. The van der Waals surface area contributed by atoms with Gasteiger partial charge < -0.3 is 4.74 Å². The zero-order valence-corrected chi connectivity index (χ0v) is 8.50. The average molecular weight is 198 g/mol. The van der Waals surface area contributed by atoms with Crippen molar-refractivity contribution in [3.05, 3.63) is 0 Å². The summed E-state index contributed by atoms with van der Waals surface area (Å²) in [5.74, 6) is 0. The van der Waals surface area contributed by atoms with E-state index in [2.05, 4.69) is 4.74 Å². The Morgan fingerprint density at radius 1 is 1.08 bits per heavy atom. The molecule has 0 amide bonds. The van der Waals surface area contributed by atoms with Crippen molar-refractivity contribution in [3.63, 3.8) is 0 Å². The predicted octanol–water partition coefficient (Wildman–Crippen LogP) is 1.79. The van der Waals surface area contributed by atoms with Crippen molar-refractivity contribution in [2.45, 2.75) is 13.8 Å². The van der Waals surface area contributed by atoms with Gasteiger partial charge in [0.05, 0.1) is 13.2 Å². The van der Waals surface area contributed by atoms with Crippen LogP contribution >= 0.6 is 7.82 Å². The minimum Gasteiger partial charge on any atom is -0.358 e.